The number of hydrogen-bond donors (Lipinski definition) is 2. The van der Waals surface area contributed by atoms with Crippen molar-refractivity contribution in [2.45, 2.75) is 25.7 Å². The second-order valence-corrected chi connectivity index (χ2v) is 6.08. The van der Waals surface area contributed by atoms with Crippen LogP contribution in [-0.2, 0) is 4.79 Å². The van der Waals surface area contributed by atoms with Gasteiger partial charge < -0.3 is 15.4 Å². The maximum atomic E-state index is 12.0. The summed E-state index contributed by atoms with van der Waals surface area (Å²) in [6, 6.07) is 13.1. The van der Waals surface area contributed by atoms with Crippen molar-refractivity contribution in [3.8, 4) is 11.6 Å². The van der Waals surface area contributed by atoms with Crippen molar-refractivity contribution in [1.29, 1.82) is 0 Å². The number of aromatic nitrogens is 1. The molecule has 3 rings (SSSR count). The molecule has 2 aromatic rings. The molecule has 0 radical (unpaired) electrons. The second kappa shape index (κ2) is 8.45. The summed E-state index contributed by atoms with van der Waals surface area (Å²) in [5.74, 6) is 1.96. The number of carbonyl (C=O) groups is 1. The molecule has 1 aliphatic heterocycles. The number of pyridine rings is 1. The third kappa shape index (κ3) is 5.06. The van der Waals surface area contributed by atoms with Crippen molar-refractivity contribution < 1.29 is 9.53 Å². The molecule has 1 amide bonds. The summed E-state index contributed by atoms with van der Waals surface area (Å²) in [5.41, 5.74) is 0.700. The van der Waals surface area contributed by atoms with Crippen LogP contribution < -0.4 is 15.4 Å². The molecule has 1 aromatic carbocycles. The van der Waals surface area contributed by atoms with Crippen molar-refractivity contribution in [2.75, 3.05) is 18.4 Å². The summed E-state index contributed by atoms with van der Waals surface area (Å²) in [5, 5.41) is 6.24. The molecule has 5 heteroatoms. The number of carbonyl (C=O) groups excluding carboxylic acids is 1. The minimum Gasteiger partial charge on any atom is -0.439 e. The van der Waals surface area contributed by atoms with Gasteiger partial charge in [-0.15, -0.1) is 0 Å². The molecule has 0 unspecified atom stereocenters. The SMILES string of the molecule is O=C(CCC1CCNCC1)Nc1ccc(Oc2ccccc2)nc1. The molecule has 1 aliphatic rings. The average molecular weight is 325 g/mol. The van der Waals surface area contributed by atoms with Crippen molar-refractivity contribution in [1.82, 2.24) is 10.3 Å². The van der Waals surface area contributed by atoms with E-state index in [4.69, 9.17) is 4.74 Å². The van der Waals surface area contributed by atoms with Gasteiger partial charge in [-0.1, -0.05) is 18.2 Å². The highest BCUT2D eigenvalue weighted by molar-refractivity contribution is 5.90. The highest BCUT2D eigenvalue weighted by Crippen LogP contribution is 2.21. The van der Waals surface area contributed by atoms with Crippen LogP contribution in [0.25, 0.3) is 0 Å². The zero-order valence-electron chi connectivity index (χ0n) is 13.7. The molecule has 1 fully saturated rings. The Labute approximate surface area is 142 Å². The van der Waals surface area contributed by atoms with Crippen LogP contribution >= 0.6 is 0 Å². The van der Waals surface area contributed by atoms with Gasteiger partial charge in [-0.25, -0.2) is 4.98 Å². The van der Waals surface area contributed by atoms with Gasteiger partial charge >= 0.3 is 0 Å². The van der Waals surface area contributed by atoms with E-state index < -0.39 is 0 Å². The van der Waals surface area contributed by atoms with E-state index in [0.29, 0.717) is 23.9 Å². The predicted octanol–water partition coefficient (Wildman–Crippen LogP) is 3.59. The summed E-state index contributed by atoms with van der Waals surface area (Å²) in [6.45, 7) is 2.14. The Kier molecular flexibility index (Phi) is 5.80. The number of rotatable bonds is 6. The fraction of sp³-hybridized carbons (Fsp3) is 0.368. The van der Waals surface area contributed by atoms with E-state index >= 15 is 0 Å². The number of benzene rings is 1. The summed E-state index contributed by atoms with van der Waals surface area (Å²) in [4.78, 5) is 16.3. The molecular formula is C19H23N3O2. The van der Waals surface area contributed by atoms with Crippen molar-refractivity contribution in [3.63, 3.8) is 0 Å². The third-order valence-electron chi connectivity index (χ3n) is 4.22. The van der Waals surface area contributed by atoms with Gasteiger partial charge in [0.15, 0.2) is 0 Å². The molecule has 2 heterocycles. The van der Waals surface area contributed by atoms with Gasteiger partial charge in [0, 0.05) is 12.5 Å². The van der Waals surface area contributed by atoms with Crippen LogP contribution in [0.2, 0.25) is 0 Å². The molecule has 0 atom stereocenters. The maximum Gasteiger partial charge on any atom is 0.224 e. The zero-order chi connectivity index (χ0) is 16.6. The predicted molar refractivity (Wildman–Crippen MR) is 94.2 cm³/mol. The number of amides is 1. The fourth-order valence-electron chi connectivity index (χ4n) is 2.85. The Morgan fingerprint density at radius 1 is 1.17 bits per heavy atom. The van der Waals surface area contributed by atoms with Gasteiger partial charge in [0.1, 0.15) is 5.75 Å². The maximum absolute atomic E-state index is 12.0. The van der Waals surface area contributed by atoms with E-state index in [2.05, 4.69) is 15.6 Å². The topological polar surface area (TPSA) is 63.2 Å². The van der Waals surface area contributed by atoms with Crippen LogP contribution in [0.1, 0.15) is 25.7 Å². The number of ether oxygens (including phenoxy) is 1. The van der Waals surface area contributed by atoms with Crippen LogP contribution in [-0.4, -0.2) is 24.0 Å². The van der Waals surface area contributed by atoms with Gasteiger partial charge in [0.25, 0.3) is 0 Å². The Morgan fingerprint density at radius 3 is 2.67 bits per heavy atom. The Morgan fingerprint density at radius 2 is 1.96 bits per heavy atom. The fourth-order valence-corrected chi connectivity index (χ4v) is 2.85. The monoisotopic (exact) mass is 325 g/mol. The van der Waals surface area contributed by atoms with Gasteiger partial charge in [-0.05, 0) is 56.5 Å². The second-order valence-electron chi connectivity index (χ2n) is 6.08. The summed E-state index contributed by atoms with van der Waals surface area (Å²) in [7, 11) is 0. The molecule has 5 nitrogen and oxygen atoms in total. The van der Waals surface area contributed by atoms with Gasteiger partial charge in [-0.2, -0.15) is 0 Å². The lowest BCUT2D eigenvalue weighted by atomic mass is 9.93. The minimum absolute atomic E-state index is 0.0482. The molecule has 0 bridgehead atoms. The number of piperidine rings is 1. The van der Waals surface area contributed by atoms with E-state index in [1.165, 1.54) is 12.8 Å². The smallest absolute Gasteiger partial charge is 0.224 e. The first kappa shape index (κ1) is 16.5. The molecule has 0 aliphatic carbocycles. The number of nitrogens with zero attached hydrogens (tertiary/aromatic N) is 1. The molecule has 1 aromatic heterocycles. The molecule has 2 N–H and O–H groups in total. The third-order valence-corrected chi connectivity index (χ3v) is 4.22. The lowest BCUT2D eigenvalue weighted by Crippen LogP contribution is -2.28. The number of nitrogens with one attached hydrogen (secondary N) is 2. The highest BCUT2D eigenvalue weighted by atomic mass is 16.5. The van der Waals surface area contributed by atoms with Gasteiger partial charge in [0.05, 0.1) is 11.9 Å². The summed E-state index contributed by atoms with van der Waals surface area (Å²) in [6.07, 6.45) is 5.48. The number of anilines is 1. The Bertz CT molecular complexity index is 637. The minimum atomic E-state index is 0.0482. The van der Waals surface area contributed by atoms with Crippen molar-refractivity contribution >= 4 is 11.6 Å². The van der Waals surface area contributed by atoms with Crippen LogP contribution in [0.3, 0.4) is 0 Å². The van der Waals surface area contributed by atoms with Gasteiger partial charge in [0.2, 0.25) is 11.8 Å². The van der Waals surface area contributed by atoms with Gasteiger partial charge in [-0.3, -0.25) is 4.79 Å². The standard InChI is InChI=1S/C19H23N3O2/c23-18(8-6-15-10-12-20-13-11-15)22-16-7-9-19(21-14-16)24-17-4-2-1-3-5-17/h1-5,7,9,14-15,20H,6,8,10-13H2,(H,22,23). The Hall–Kier alpha value is -2.40. The van der Waals surface area contributed by atoms with Crippen molar-refractivity contribution in [2.24, 2.45) is 5.92 Å². The largest absolute Gasteiger partial charge is 0.439 e. The quantitative estimate of drug-likeness (QED) is 0.852. The summed E-state index contributed by atoms with van der Waals surface area (Å²) < 4.78 is 5.64. The lowest BCUT2D eigenvalue weighted by Gasteiger charge is -2.22. The molecule has 24 heavy (non-hydrogen) atoms. The van der Waals surface area contributed by atoms with E-state index in [9.17, 15) is 4.79 Å². The van der Waals surface area contributed by atoms with Crippen LogP contribution in [0.5, 0.6) is 11.6 Å². The van der Waals surface area contributed by atoms with Crippen molar-refractivity contribution in [3.05, 3.63) is 48.7 Å². The average Bonchev–Trinajstić information content (AvgIpc) is 2.63. The molecule has 126 valence electrons. The highest BCUT2D eigenvalue weighted by Gasteiger charge is 2.14. The lowest BCUT2D eigenvalue weighted by molar-refractivity contribution is -0.116. The van der Waals surface area contributed by atoms with E-state index in [0.717, 1.165) is 25.3 Å². The molecule has 0 saturated carbocycles. The first-order chi connectivity index (χ1) is 11.8. The summed E-state index contributed by atoms with van der Waals surface area (Å²) >= 11 is 0. The van der Waals surface area contributed by atoms with E-state index in [-0.39, 0.29) is 5.91 Å². The molecular weight excluding hydrogens is 302 g/mol. The van der Waals surface area contributed by atoms with Crippen LogP contribution in [0.15, 0.2) is 48.7 Å². The van der Waals surface area contributed by atoms with Crippen LogP contribution in [0.4, 0.5) is 5.69 Å². The number of hydrogen-bond acceptors (Lipinski definition) is 4. The van der Waals surface area contributed by atoms with E-state index in [1.54, 1.807) is 12.3 Å². The molecule has 0 spiro atoms. The normalized spacial score (nSPS) is 15.0. The Balaban J connectivity index is 1.45. The molecule has 1 saturated heterocycles. The first-order valence-electron chi connectivity index (χ1n) is 8.49. The van der Waals surface area contributed by atoms with E-state index in [1.807, 2.05) is 36.4 Å². The number of para-hydroxylation sites is 1. The first-order valence-corrected chi connectivity index (χ1v) is 8.49. The van der Waals surface area contributed by atoms with Crippen LogP contribution in [0, 0.1) is 5.92 Å². The zero-order valence-corrected chi connectivity index (χ0v) is 13.7.